The third kappa shape index (κ3) is 6.21. The van der Waals surface area contributed by atoms with Crippen molar-refractivity contribution in [1.29, 1.82) is 0 Å². The van der Waals surface area contributed by atoms with Crippen molar-refractivity contribution < 1.29 is 8.42 Å². The molecular weight excluding hydrogens is 290 g/mol. The first-order valence-electron chi connectivity index (χ1n) is 5.65. The molecule has 0 unspecified atom stereocenters. The summed E-state index contributed by atoms with van der Waals surface area (Å²) in [7, 11) is -3.11. The Hall–Kier alpha value is 0.390. The van der Waals surface area contributed by atoms with Crippen molar-refractivity contribution in [3.63, 3.8) is 0 Å². The molecule has 3 nitrogen and oxygen atoms in total. The maximum Gasteiger partial charge on any atom is 0.214 e. The van der Waals surface area contributed by atoms with E-state index in [1.807, 2.05) is 13.8 Å². The maximum absolute atomic E-state index is 12.1. The van der Waals surface area contributed by atoms with E-state index in [9.17, 15) is 8.42 Å². The van der Waals surface area contributed by atoms with Gasteiger partial charge in [0.2, 0.25) is 10.0 Å². The second-order valence-corrected chi connectivity index (χ2v) is 8.35. The van der Waals surface area contributed by atoms with Crippen molar-refractivity contribution in [2.24, 2.45) is 5.41 Å². The third-order valence-electron chi connectivity index (χ3n) is 2.35. The number of alkyl halides is 1. The lowest BCUT2D eigenvalue weighted by molar-refractivity contribution is 0.356. The summed E-state index contributed by atoms with van der Waals surface area (Å²) < 4.78 is 25.8. The van der Waals surface area contributed by atoms with Crippen molar-refractivity contribution >= 4 is 26.0 Å². The van der Waals surface area contributed by atoms with E-state index < -0.39 is 10.0 Å². The van der Waals surface area contributed by atoms with E-state index in [0.717, 1.165) is 0 Å². The third-order valence-corrected chi connectivity index (χ3v) is 4.74. The average Bonchev–Trinajstić information content (AvgIpc) is 2.09. The minimum absolute atomic E-state index is 0.0301. The van der Waals surface area contributed by atoms with Crippen LogP contribution in [0.4, 0.5) is 0 Å². The number of rotatable bonds is 6. The normalized spacial score (nSPS) is 13.8. The molecule has 0 bridgehead atoms. The molecule has 98 valence electrons. The average molecular weight is 314 g/mol. The quantitative estimate of drug-likeness (QED) is 0.707. The zero-order chi connectivity index (χ0) is 13.0. The summed E-state index contributed by atoms with van der Waals surface area (Å²) in [5.41, 5.74) is 0.0596. The molecular formula is C11H24BrNO2S. The van der Waals surface area contributed by atoms with Crippen molar-refractivity contribution in [2.45, 2.75) is 47.1 Å². The highest BCUT2D eigenvalue weighted by Crippen LogP contribution is 2.21. The molecule has 0 fully saturated rings. The monoisotopic (exact) mass is 313 g/mol. The molecule has 0 aliphatic carbocycles. The molecule has 0 atom stereocenters. The predicted octanol–water partition coefficient (Wildman–Crippen LogP) is 2.86. The van der Waals surface area contributed by atoms with E-state index in [1.165, 1.54) is 0 Å². The Labute approximate surface area is 109 Å². The van der Waals surface area contributed by atoms with Gasteiger partial charge >= 0.3 is 0 Å². The highest BCUT2D eigenvalue weighted by molar-refractivity contribution is 9.09. The summed E-state index contributed by atoms with van der Waals surface area (Å²) in [4.78, 5) is 0. The Morgan fingerprint density at radius 3 is 2.06 bits per heavy atom. The molecule has 0 aliphatic heterocycles. The molecule has 0 spiro atoms. The number of halogens is 1. The van der Waals surface area contributed by atoms with Crippen LogP contribution in [0.25, 0.3) is 0 Å². The topological polar surface area (TPSA) is 37.4 Å². The largest absolute Gasteiger partial charge is 0.214 e. The molecule has 0 amide bonds. The molecule has 0 saturated carbocycles. The fourth-order valence-corrected chi connectivity index (χ4v) is 4.09. The van der Waals surface area contributed by atoms with E-state index >= 15 is 0 Å². The number of nitrogens with zero attached hydrogens (tertiary/aromatic N) is 1. The van der Waals surface area contributed by atoms with Crippen LogP contribution in [0.15, 0.2) is 0 Å². The second-order valence-electron chi connectivity index (χ2n) is 5.52. The van der Waals surface area contributed by atoms with Gasteiger partial charge in [-0.15, -0.1) is 0 Å². The van der Waals surface area contributed by atoms with Gasteiger partial charge in [-0.3, -0.25) is 0 Å². The van der Waals surface area contributed by atoms with Gasteiger partial charge in [-0.05, 0) is 25.7 Å². The molecule has 0 rings (SSSR count). The Kier molecular flexibility index (Phi) is 6.51. The fourth-order valence-electron chi connectivity index (χ4n) is 1.35. The first-order valence-corrected chi connectivity index (χ1v) is 8.39. The van der Waals surface area contributed by atoms with Gasteiger partial charge in [0.25, 0.3) is 0 Å². The van der Waals surface area contributed by atoms with Crippen LogP contribution < -0.4 is 0 Å². The number of hydrogen-bond donors (Lipinski definition) is 0. The molecule has 0 aromatic carbocycles. The van der Waals surface area contributed by atoms with Gasteiger partial charge in [-0.2, -0.15) is 4.31 Å². The van der Waals surface area contributed by atoms with Gasteiger partial charge in [0, 0.05) is 17.9 Å². The van der Waals surface area contributed by atoms with Crippen LogP contribution in [-0.2, 0) is 10.0 Å². The zero-order valence-corrected chi connectivity index (χ0v) is 13.4. The molecule has 0 aliphatic rings. The van der Waals surface area contributed by atoms with E-state index in [-0.39, 0.29) is 17.2 Å². The van der Waals surface area contributed by atoms with Crippen molar-refractivity contribution in [2.75, 3.05) is 17.6 Å². The van der Waals surface area contributed by atoms with E-state index in [0.29, 0.717) is 18.3 Å². The second kappa shape index (κ2) is 6.36. The van der Waals surface area contributed by atoms with Crippen molar-refractivity contribution in [1.82, 2.24) is 4.31 Å². The highest BCUT2D eigenvalue weighted by atomic mass is 79.9. The van der Waals surface area contributed by atoms with Crippen LogP contribution in [0.3, 0.4) is 0 Å². The summed E-state index contributed by atoms with van der Waals surface area (Å²) in [5.74, 6) is 0.238. The number of sulfonamides is 1. The Morgan fingerprint density at radius 2 is 1.75 bits per heavy atom. The molecule has 5 heteroatoms. The standard InChI is InChI=1S/C11H24BrNO2S/c1-10(2)13(8-7-12)16(14,15)9-6-11(3,4)5/h10H,6-9H2,1-5H3. The van der Waals surface area contributed by atoms with Crippen LogP contribution in [0, 0.1) is 5.41 Å². The number of hydrogen-bond acceptors (Lipinski definition) is 2. The molecule has 0 saturated heterocycles. The van der Waals surface area contributed by atoms with Gasteiger partial charge in [0.1, 0.15) is 0 Å². The Balaban J connectivity index is 4.61. The van der Waals surface area contributed by atoms with Crippen LogP contribution in [0.1, 0.15) is 41.0 Å². The van der Waals surface area contributed by atoms with Crippen LogP contribution in [0.5, 0.6) is 0 Å². The summed E-state index contributed by atoms with van der Waals surface area (Å²) in [6, 6.07) is 0.0301. The molecule has 0 N–H and O–H groups in total. The predicted molar refractivity (Wildman–Crippen MR) is 73.5 cm³/mol. The lowest BCUT2D eigenvalue weighted by Gasteiger charge is -2.27. The van der Waals surface area contributed by atoms with Gasteiger partial charge in [0.15, 0.2) is 0 Å². The Morgan fingerprint density at radius 1 is 1.25 bits per heavy atom. The van der Waals surface area contributed by atoms with Crippen LogP contribution >= 0.6 is 15.9 Å². The SMILES string of the molecule is CC(C)N(CCBr)S(=O)(=O)CCC(C)(C)C. The molecule has 0 heterocycles. The van der Waals surface area contributed by atoms with Crippen molar-refractivity contribution in [3.8, 4) is 0 Å². The van der Waals surface area contributed by atoms with Gasteiger partial charge in [0.05, 0.1) is 5.75 Å². The van der Waals surface area contributed by atoms with E-state index in [1.54, 1.807) is 4.31 Å². The van der Waals surface area contributed by atoms with Gasteiger partial charge < -0.3 is 0 Å². The smallest absolute Gasteiger partial charge is 0.212 e. The summed E-state index contributed by atoms with van der Waals surface area (Å²) in [5, 5.41) is 0.680. The fraction of sp³-hybridized carbons (Fsp3) is 1.00. The van der Waals surface area contributed by atoms with Gasteiger partial charge in [-0.25, -0.2) is 8.42 Å². The Bertz CT molecular complexity index is 294. The first-order chi connectivity index (χ1) is 7.10. The summed E-state index contributed by atoms with van der Waals surface area (Å²) >= 11 is 3.30. The minimum Gasteiger partial charge on any atom is -0.212 e. The lowest BCUT2D eigenvalue weighted by atomic mass is 9.94. The van der Waals surface area contributed by atoms with Crippen LogP contribution in [0.2, 0.25) is 0 Å². The first kappa shape index (κ1) is 16.4. The van der Waals surface area contributed by atoms with Crippen LogP contribution in [-0.4, -0.2) is 36.4 Å². The molecule has 0 aromatic heterocycles. The zero-order valence-electron chi connectivity index (χ0n) is 11.0. The summed E-state index contributed by atoms with van der Waals surface area (Å²) in [6.45, 7) is 10.6. The van der Waals surface area contributed by atoms with Crippen molar-refractivity contribution in [3.05, 3.63) is 0 Å². The minimum atomic E-state index is -3.11. The van der Waals surface area contributed by atoms with Gasteiger partial charge in [-0.1, -0.05) is 36.7 Å². The van der Waals surface area contributed by atoms with E-state index in [2.05, 4.69) is 36.7 Å². The molecule has 0 radical (unpaired) electrons. The lowest BCUT2D eigenvalue weighted by Crippen LogP contribution is -2.40. The summed E-state index contributed by atoms with van der Waals surface area (Å²) in [6.07, 6.45) is 0.695. The molecule has 0 aromatic rings. The molecule has 16 heavy (non-hydrogen) atoms. The van der Waals surface area contributed by atoms with E-state index in [4.69, 9.17) is 0 Å². The maximum atomic E-state index is 12.1. The highest BCUT2D eigenvalue weighted by Gasteiger charge is 2.25.